The molecule has 0 aliphatic carbocycles. The summed E-state index contributed by atoms with van der Waals surface area (Å²) in [6.45, 7) is 5.52. The standard InChI is InChI=1S/C11H22N2O2S/c1-8-9(2)16-5-4-13(8)11(14)6-10(7-12)15-3/h8-10H,4-7,12H2,1-3H3. The van der Waals surface area contributed by atoms with E-state index in [9.17, 15) is 4.79 Å². The number of hydrogen-bond donors (Lipinski definition) is 1. The number of amides is 1. The number of carbonyl (C=O) groups excluding carboxylic acids is 1. The van der Waals surface area contributed by atoms with E-state index < -0.39 is 0 Å². The van der Waals surface area contributed by atoms with Crippen LogP contribution in [0.3, 0.4) is 0 Å². The van der Waals surface area contributed by atoms with Gasteiger partial charge in [-0.2, -0.15) is 11.8 Å². The zero-order valence-corrected chi connectivity index (χ0v) is 11.1. The van der Waals surface area contributed by atoms with Gasteiger partial charge in [-0.25, -0.2) is 0 Å². The lowest BCUT2D eigenvalue weighted by Crippen LogP contribution is -2.49. The lowest BCUT2D eigenvalue weighted by Gasteiger charge is -2.38. The van der Waals surface area contributed by atoms with Gasteiger partial charge in [-0.1, -0.05) is 6.92 Å². The zero-order chi connectivity index (χ0) is 12.1. The molecule has 1 amide bonds. The molecule has 0 bridgehead atoms. The van der Waals surface area contributed by atoms with Gasteiger partial charge in [0.1, 0.15) is 0 Å². The van der Waals surface area contributed by atoms with Gasteiger partial charge < -0.3 is 15.4 Å². The maximum atomic E-state index is 12.1. The van der Waals surface area contributed by atoms with E-state index in [0.29, 0.717) is 24.3 Å². The summed E-state index contributed by atoms with van der Waals surface area (Å²) in [5, 5.41) is 0.511. The number of thioether (sulfide) groups is 1. The third kappa shape index (κ3) is 3.37. The lowest BCUT2D eigenvalue weighted by atomic mass is 10.1. The van der Waals surface area contributed by atoms with Crippen molar-refractivity contribution in [1.29, 1.82) is 0 Å². The minimum absolute atomic E-state index is 0.149. The molecule has 1 rings (SSSR count). The van der Waals surface area contributed by atoms with Gasteiger partial charge in [0.15, 0.2) is 0 Å². The van der Waals surface area contributed by atoms with Gasteiger partial charge >= 0.3 is 0 Å². The molecule has 0 saturated carbocycles. The second-order valence-corrected chi connectivity index (χ2v) is 5.69. The molecule has 1 fully saturated rings. The molecule has 3 atom stereocenters. The Bertz CT molecular complexity index is 234. The summed E-state index contributed by atoms with van der Waals surface area (Å²) in [5.74, 6) is 1.19. The van der Waals surface area contributed by atoms with Gasteiger partial charge in [0.2, 0.25) is 5.91 Å². The highest BCUT2D eigenvalue weighted by molar-refractivity contribution is 8.00. The van der Waals surface area contributed by atoms with Crippen molar-refractivity contribution in [3.05, 3.63) is 0 Å². The Kier molecular flexibility index (Phi) is 5.58. The fraction of sp³-hybridized carbons (Fsp3) is 0.909. The third-order valence-electron chi connectivity index (χ3n) is 3.20. The zero-order valence-electron chi connectivity index (χ0n) is 10.3. The van der Waals surface area contributed by atoms with Gasteiger partial charge in [-0.05, 0) is 6.92 Å². The summed E-state index contributed by atoms with van der Waals surface area (Å²) in [5.41, 5.74) is 5.52. The van der Waals surface area contributed by atoms with E-state index >= 15 is 0 Å². The first-order valence-corrected chi connectivity index (χ1v) is 6.79. The van der Waals surface area contributed by atoms with Gasteiger partial charge in [0.25, 0.3) is 0 Å². The molecule has 0 aromatic heterocycles. The first-order chi connectivity index (χ1) is 7.60. The number of nitrogens with two attached hydrogens (primary N) is 1. The van der Waals surface area contributed by atoms with Gasteiger partial charge in [0, 0.05) is 37.2 Å². The fourth-order valence-corrected chi connectivity index (χ4v) is 2.96. The number of methoxy groups -OCH3 is 1. The molecule has 1 aliphatic rings. The lowest BCUT2D eigenvalue weighted by molar-refractivity contribution is -0.135. The number of rotatable bonds is 4. The van der Waals surface area contributed by atoms with Crippen LogP contribution in [0.4, 0.5) is 0 Å². The van der Waals surface area contributed by atoms with Crippen molar-refractivity contribution >= 4 is 17.7 Å². The summed E-state index contributed by atoms with van der Waals surface area (Å²) in [6.07, 6.45) is 0.249. The predicted octanol–water partition coefficient (Wildman–Crippen LogP) is 0.703. The monoisotopic (exact) mass is 246 g/mol. The number of ether oxygens (including phenoxy) is 1. The molecule has 0 aromatic rings. The first-order valence-electron chi connectivity index (χ1n) is 5.74. The van der Waals surface area contributed by atoms with Crippen LogP contribution in [0.1, 0.15) is 20.3 Å². The first kappa shape index (κ1) is 13.8. The fourth-order valence-electron chi connectivity index (χ4n) is 1.86. The average Bonchev–Trinajstić information content (AvgIpc) is 2.29. The molecule has 0 radical (unpaired) electrons. The smallest absolute Gasteiger partial charge is 0.225 e. The molecule has 1 saturated heterocycles. The van der Waals surface area contributed by atoms with E-state index in [0.717, 1.165) is 12.3 Å². The summed E-state index contributed by atoms with van der Waals surface area (Å²) >= 11 is 1.93. The Hall–Kier alpha value is -0.260. The molecule has 16 heavy (non-hydrogen) atoms. The molecule has 4 nitrogen and oxygen atoms in total. The summed E-state index contributed by atoms with van der Waals surface area (Å²) in [6, 6.07) is 0.307. The van der Waals surface area contributed by atoms with Crippen LogP contribution in [0, 0.1) is 0 Å². The van der Waals surface area contributed by atoms with E-state index in [1.54, 1.807) is 7.11 Å². The maximum Gasteiger partial charge on any atom is 0.225 e. The van der Waals surface area contributed by atoms with Crippen LogP contribution in [-0.2, 0) is 9.53 Å². The predicted molar refractivity (Wildman–Crippen MR) is 67.6 cm³/mol. The van der Waals surface area contributed by atoms with Crippen molar-refractivity contribution in [2.75, 3.05) is 26.0 Å². The van der Waals surface area contributed by atoms with Gasteiger partial charge in [-0.15, -0.1) is 0 Å². The molecule has 94 valence electrons. The Morgan fingerprint density at radius 1 is 1.62 bits per heavy atom. The van der Waals surface area contributed by atoms with Crippen molar-refractivity contribution in [3.8, 4) is 0 Å². The molecule has 1 heterocycles. The number of carbonyl (C=O) groups is 1. The van der Waals surface area contributed by atoms with Crippen molar-refractivity contribution < 1.29 is 9.53 Å². The molecular formula is C11H22N2O2S. The van der Waals surface area contributed by atoms with Crippen molar-refractivity contribution in [2.45, 2.75) is 37.7 Å². The summed E-state index contributed by atoms with van der Waals surface area (Å²) in [7, 11) is 1.60. The van der Waals surface area contributed by atoms with Crippen molar-refractivity contribution in [3.63, 3.8) is 0 Å². The second kappa shape index (κ2) is 6.47. The summed E-state index contributed by atoms with van der Waals surface area (Å²) < 4.78 is 5.15. The Morgan fingerprint density at radius 2 is 2.31 bits per heavy atom. The molecular weight excluding hydrogens is 224 g/mol. The van der Waals surface area contributed by atoms with Crippen molar-refractivity contribution in [1.82, 2.24) is 4.90 Å². The Balaban J connectivity index is 2.52. The third-order valence-corrected chi connectivity index (χ3v) is 4.54. The van der Waals surface area contributed by atoms with Crippen LogP contribution in [-0.4, -0.2) is 54.2 Å². The number of hydrogen-bond acceptors (Lipinski definition) is 4. The van der Waals surface area contributed by atoms with E-state index in [4.69, 9.17) is 10.5 Å². The van der Waals surface area contributed by atoms with E-state index in [2.05, 4.69) is 13.8 Å². The van der Waals surface area contributed by atoms with E-state index in [-0.39, 0.29) is 12.0 Å². The molecule has 2 N–H and O–H groups in total. The normalized spacial score (nSPS) is 27.9. The Morgan fingerprint density at radius 3 is 2.88 bits per heavy atom. The topological polar surface area (TPSA) is 55.6 Å². The SMILES string of the molecule is COC(CN)CC(=O)N1CCSC(C)C1C. The summed E-state index contributed by atoms with van der Waals surface area (Å²) in [4.78, 5) is 14.0. The second-order valence-electron chi connectivity index (χ2n) is 4.20. The number of nitrogens with zero attached hydrogens (tertiary/aromatic N) is 1. The molecule has 3 unspecified atom stereocenters. The quantitative estimate of drug-likeness (QED) is 0.793. The van der Waals surface area contributed by atoms with E-state index in [1.807, 2.05) is 16.7 Å². The molecule has 0 spiro atoms. The average molecular weight is 246 g/mol. The highest BCUT2D eigenvalue weighted by atomic mass is 32.2. The largest absolute Gasteiger partial charge is 0.380 e. The van der Waals surface area contributed by atoms with Crippen LogP contribution in [0.15, 0.2) is 0 Å². The minimum Gasteiger partial charge on any atom is -0.380 e. The van der Waals surface area contributed by atoms with Crippen LogP contribution in [0.25, 0.3) is 0 Å². The molecule has 1 aliphatic heterocycles. The molecule has 5 heteroatoms. The van der Waals surface area contributed by atoms with Crippen LogP contribution < -0.4 is 5.73 Å². The van der Waals surface area contributed by atoms with Gasteiger partial charge in [0.05, 0.1) is 12.5 Å². The van der Waals surface area contributed by atoms with Crippen molar-refractivity contribution in [2.24, 2.45) is 5.73 Å². The maximum absolute atomic E-state index is 12.1. The minimum atomic E-state index is -0.149. The molecule has 0 aromatic carbocycles. The Labute approximate surface area is 102 Å². The van der Waals surface area contributed by atoms with Crippen LogP contribution in [0.2, 0.25) is 0 Å². The highest BCUT2D eigenvalue weighted by Crippen LogP contribution is 2.24. The van der Waals surface area contributed by atoms with Crippen LogP contribution in [0.5, 0.6) is 0 Å². The highest BCUT2D eigenvalue weighted by Gasteiger charge is 2.29. The van der Waals surface area contributed by atoms with Gasteiger partial charge in [-0.3, -0.25) is 4.79 Å². The van der Waals surface area contributed by atoms with E-state index in [1.165, 1.54) is 0 Å². The van der Waals surface area contributed by atoms with Crippen LogP contribution >= 0.6 is 11.8 Å².